The van der Waals surface area contributed by atoms with E-state index in [-0.39, 0.29) is 17.3 Å². The maximum absolute atomic E-state index is 13.5. The number of urea groups is 1. The molecule has 2 N–H and O–H groups in total. The molecule has 2 amide bonds. The Kier molecular flexibility index (Phi) is 5.38. The van der Waals surface area contributed by atoms with Gasteiger partial charge < -0.3 is 15.2 Å². The number of benzene rings is 1. The standard InChI is InChI=1S/C15H17ClFN3O2/c1-9(2)5-12-7-11(20-22-12)8-18-15(21)19-14-4-3-10(16)6-13(14)17/h3-4,6-7,9H,5,8H2,1-2H3,(H2,18,19,21). The highest BCUT2D eigenvalue weighted by molar-refractivity contribution is 6.30. The number of anilines is 1. The Labute approximate surface area is 132 Å². The smallest absolute Gasteiger partial charge is 0.319 e. The van der Waals surface area contributed by atoms with E-state index in [1.807, 2.05) is 0 Å². The SMILES string of the molecule is CC(C)Cc1cc(CNC(=O)Nc2ccc(Cl)cc2F)no1. The molecule has 0 aliphatic rings. The first-order valence-corrected chi connectivity index (χ1v) is 7.26. The fourth-order valence-corrected chi connectivity index (χ4v) is 2.02. The van der Waals surface area contributed by atoms with Crippen molar-refractivity contribution in [1.82, 2.24) is 10.5 Å². The third-order valence-electron chi connectivity index (χ3n) is 2.83. The second-order valence-electron chi connectivity index (χ2n) is 5.31. The second kappa shape index (κ2) is 7.26. The van der Waals surface area contributed by atoms with Gasteiger partial charge in [-0.3, -0.25) is 0 Å². The first-order valence-electron chi connectivity index (χ1n) is 6.88. The number of amides is 2. The van der Waals surface area contributed by atoms with Gasteiger partial charge in [0.1, 0.15) is 17.3 Å². The van der Waals surface area contributed by atoms with Gasteiger partial charge in [0.25, 0.3) is 0 Å². The van der Waals surface area contributed by atoms with Crippen LogP contribution in [0.2, 0.25) is 5.02 Å². The normalized spacial score (nSPS) is 10.8. The summed E-state index contributed by atoms with van der Waals surface area (Å²) in [5.74, 6) is 0.643. The molecule has 1 heterocycles. The van der Waals surface area contributed by atoms with Crippen molar-refractivity contribution in [2.75, 3.05) is 5.32 Å². The van der Waals surface area contributed by atoms with Crippen molar-refractivity contribution in [3.63, 3.8) is 0 Å². The summed E-state index contributed by atoms with van der Waals surface area (Å²) in [6.45, 7) is 4.35. The molecule has 0 atom stereocenters. The number of hydrogen-bond acceptors (Lipinski definition) is 3. The van der Waals surface area contributed by atoms with Gasteiger partial charge in [-0.15, -0.1) is 0 Å². The van der Waals surface area contributed by atoms with E-state index in [9.17, 15) is 9.18 Å². The molecule has 0 bridgehead atoms. The molecule has 0 unspecified atom stereocenters. The summed E-state index contributed by atoms with van der Waals surface area (Å²) in [5.41, 5.74) is 0.671. The van der Waals surface area contributed by atoms with Gasteiger partial charge >= 0.3 is 6.03 Å². The number of carbonyl (C=O) groups excluding carboxylic acids is 1. The minimum atomic E-state index is -0.594. The van der Waals surface area contributed by atoms with Crippen LogP contribution in [0.4, 0.5) is 14.9 Å². The number of nitrogens with one attached hydrogen (secondary N) is 2. The lowest BCUT2D eigenvalue weighted by molar-refractivity contribution is 0.251. The molecule has 0 saturated heterocycles. The highest BCUT2D eigenvalue weighted by Gasteiger charge is 2.10. The van der Waals surface area contributed by atoms with Crippen LogP contribution in [0.15, 0.2) is 28.8 Å². The average molecular weight is 326 g/mol. The van der Waals surface area contributed by atoms with Gasteiger partial charge in [-0.05, 0) is 24.1 Å². The summed E-state index contributed by atoms with van der Waals surface area (Å²) in [7, 11) is 0. The molecule has 118 valence electrons. The molecule has 1 aromatic carbocycles. The van der Waals surface area contributed by atoms with E-state index < -0.39 is 11.8 Å². The lowest BCUT2D eigenvalue weighted by atomic mass is 10.1. The predicted molar refractivity (Wildman–Crippen MR) is 82.3 cm³/mol. The molecule has 0 radical (unpaired) electrons. The molecular formula is C15H17ClFN3O2. The zero-order valence-electron chi connectivity index (χ0n) is 12.3. The van der Waals surface area contributed by atoms with Gasteiger partial charge in [-0.25, -0.2) is 9.18 Å². The molecule has 0 fully saturated rings. The molecule has 5 nitrogen and oxygen atoms in total. The molecule has 22 heavy (non-hydrogen) atoms. The fraction of sp³-hybridized carbons (Fsp3) is 0.333. The van der Waals surface area contributed by atoms with Crippen LogP contribution in [0.5, 0.6) is 0 Å². The van der Waals surface area contributed by atoms with E-state index in [0.717, 1.165) is 18.2 Å². The van der Waals surface area contributed by atoms with E-state index in [2.05, 4.69) is 29.6 Å². The maximum Gasteiger partial charge on any atom is 0.319 e. The van der Waals surface area contributed by atoms with E-state index in [1.54, 1.807) is 6.07 Å². The molecule has 0 spiro atoms. The maximum atomic E-state index is 13.5. The third-order valence-corrected chi connectivity index (χ3v) is 3.06. The van der Waals surface area contributed by atoms with Gasteiger partial charge in [0.15, 0.2) is 0 Å². The molecule has 2 aromatic rings. The number of hydrogen-bond donors (Lipinski definition) is 2. The number of rotatable bonds is 5. The molecule has 1 aromatic heterocycles. The Morgan fingerprint density at radius 3 is 2.86 bits per heavy atom. The summed E-state index contributed by atoms with van der Waals surface area (Å²) in [6.07, 6.45) is 0.787. The number of halogens is 2. The first-order chi connectivity index (χ1) is 10.4. The topological polar surface area (TPSA) is 67.2 Å². The van der Waals surface area contributed by atoms with Crippen molar-refractivity contribution >= 4 is 23.3 Å². The highest BCUT2D eigenvalue weighted by atomic mass is 35.5. The molecule has 0 aliphatic heterocycles. The fourth-order valence-electron chi connectivity index (χ4n) is 1.87. The predicted octanol–water partition coefficient (Wildman–Crippen LogP) is 3.99. The Hall–Kier alpha value is -2.08. The summed E-state index contributed by atoms with van der Waals surface area (Å²) < 4.78 is 18.7. The van der Waals surface area contributed by atoms with Crippen molar-refractivity contribution in [1.29, 1.82) is 0 Å². The summed E-state index contributed by atoms with van der Waals surface area (Å²) in [5, 5.41) is 9.12. The van der Waals surface area contributed by atoms with E-state index in [1.165, 1.54) is 12.1 Å². The highest BCUT2D eigenvalue weighted by Crippen LogP contribution is 2.18. The van der Waals surface area contributed by atoms with Crippen LogP contribution in [0.1, 0.15) is 25.3 Å². The Morgan fingerprint density at radius 1 is 1.41 bits per heavy atom. The van der Waals surface area contributed by atoms with E-state index in [0.29, 0.717) is 11.6 Å². The average Bonchev–Trinajstić information content (AvgIpc) is 2.86. The van der Waals surface area contributed by atoms with Crippen molar-refractivity contribution < 1.29 is 13.7 Å². The third kappa shape index (κ3) is 4.73. The second-order valence-corrected chi connectivity index (χ2v) is 5.75. The zero-order chi connectivity index (χ0) is 16.1. The monoisotopic (exact) mass is 325 g/mol. The van der Waals surface area contributed by atoms with Crippen LogP contribution in [0.3, 0.4) is 0 Å². The molecule has 0 aliphatic carbocycles. The summed E-state index contributed by atoms with van der Waals surface area (Å²) in [6, 6.07) is 5.29. The Morgan fingerprint density at radius 2 is 2.18 bits per heavy atom. The number of aromatic nitrogens is 1. The van der Waals surface area contributed by atoms with E-state index in [4.69, 9.17) is 16.1 Å². The van der Waals surface area contributed by atoms with Gasteiger partial charge in [-0.2, -0.15) is 0 Å². The summed E-state index contributed by atoms with van der Waals surface area (Å²) in [4.78, 5) is 11.7. The van der Waals surface area contributed by atoms with Crippen molar-refractivity contribution in [3.8, 4) is 0 Å². The number of nitrogens with zero attached hydrogens (tertiary/aromatic N) is 1. The molecular weight excluding hydrogens is 309 g/mol. The van der Waals surface area contributed by atoms with Gasteiger partial charge in [-0.1, -0.05) is 30.6 Å². The van der Waals surface area contributed by atoms with Crippen molar-refractivity contribution in [2.24, 2.45) is 5.92 Å². The zero-order valence-corrected chi connectivity index (χ0v) is 13.1. The van der Waals surface area contributed by atoms with Crippen molar-refractivity contribution in [3.05, 3.63) is 46.6 Å². The lowest BCUT2D eigenvalue weighted by Gasteiger charge is -2.07. The Bertz CT molecular complexity index is 658. The van der Waals surface area contributed by atoms with Crippen LogP contribution in [-0.4, -0.2) is 11.2 Å². The largest absolute Gasteiger partial charge is 0.361 e. The minimum Gasteiger partial charge on any atom is -0.361 e. The Balaban J connectivity index is 1.86. The van der Waals surface area contributed by atoms with Crippen LogP contribution >= 0.6 is 11.6 Å². The van der Waals surface area contributed by atoms with Gasteiger partial charge in [0.2, 0.25) is 0 Å². The van der Waals surface area contributed by atoms with Crippen LogP contribution in [0.25, 0.3) is 0 Å². The van der Waals surface area contributed by atoms with E-state index >= 15 is 0 Å². The first kappa shape index (κ1) is 16.3. The summed E-state index contributed by atoms with van der Waals surface area (Å²) >= 11 is 5.65. The lowest BCUT2D eigenvalue weighted by Crippen LogP contribution is -2.28. The number of carbonyl (C=O) groups is 1. The van der Waals surface area contributed by atoms with Crippen LogP contribution < -0.4 is 10.6 Å². The quantitative estimate of drug-likeness (QED) is 0.873. The molecule has 7 heteroatoms. The van der Waals surface area contributed by atoms with Gasteiger partial charge in [0, 0.05) is 17.5 Å². The van der Waals surface area contributed by atoms with Crippen LogP contribution in [0, 0.1) is 11.7 Å². The molecule has 0 saturated carbocycles. The van der Waals surface area contributed by atoms with Gasteiger partial charge in [0.05, 0.1) is 12.2 Å². The van der Waals surface area contributed by atoms with Crippen molar-refractivity contribution in [2.45, 2.75) is 26.8 Å². The van der Waals surface area contributed by atoms with Crippen LogP contribution in [-0.2, 0) is 13.0 Å². The molecule has 2 rings (SSSR count). The minimum absolute atomic E-state index is 0.0579.